The predicted molar refractivity (Wildman–Crippen MR) is 167 cm³/mol. The van der Waals surface area contributed by atoms with Crippen LogP contribution in [0.25, 0.3) is 0 Å². The molecule has 5 heteroatoms. The van der Waals surface area contributed by atoms with Gasteiger partial charge in [0, 0.05) is 11.8 Å². The number of hydrogen-bond donors (Lipinski definition) is 0. The highest BCUT2D eigenvalue weighted by atomic mass is 16.5. The molecule has 0 radical (unpaired) electrons. The molecule has 0 heterocycles. The maximum absolute atomic E-state index is 12.8. The Morgan fingerprint density at radius 1 is 0.690 bits per heavy atom. The van der Waals surface area contributed by atoms with Gasteiger partial charge in [-0.1, -0.05) is 90.1 Å². The lowest BCUT2D eigenvalue weighted by Crippen LogP contribution is -2.48. The van der Waals surface area contributed by atoms with E-state index in [0.717, 1.165) is 6.42 Å². The molecule has 1 aliphatic carbocycles. The highest BCUT2D eigenvalue weighted by Crippen LogP contribution is 2.43. The Bertz CT molecular complexity index is 1300. The van der Waals surface area contributed by atoms with E-state index in [0.29, 0.717) is 28.9 Å². The largest absolute Gasteiger partial charge is 0.462 e. The third-order valence-corrected chi connectivity index (χ3v) is 8.43. The molecule has 1 saturated carbocycles. The average molecular weight is 571 g/mol. The minimum atomic E-state index is -0.359. The van der Waals surface area contributed by atoms with Gasteiger partial charge >= 0.3 is 11.9 Å². The minimum absolute atomic E-state index is 0.0379. The van der Waals surface area contributed by atoms with Crippen molar-refractivity contribution >= 4 is 11.9 Å². The van der Waals surface area contributed by atoms with Crippen LogP contribution < -0.4 is 0 Å². The van der Waals surface area contributed by atoms with Crippen molar-refractivity contribution in [2.45, 2.75) is 84.8 Å². The molecule has 0 saturated heterocycles. The SMILES string of the molecule is CC(C)c1cc(C(C)C)c([C@@H](C)O[C@H]2C[C@H](COC(=O)c3ccccc3)[C@H]2COC(=O)c2ccccc2)c(C(C)C)c1. The van der Waals surface area contributed by atoms with Crippen molar-refractivity contribution in [3.05, 3.63) is 106 Å². The van der Waals surface area contributed by atoms with Crippen LogP contribution in [0, 0.1) is 11.8 Å². The van der Waals surface area contributed by atoms with Crippen molar-refractivity contribution in [1.29, 1.82) is 0 Å². The maximum atomic E-state index is 12.8. The second kappa shape index (κ2) is 14.2. The molecule has 1 fully saturated rings. The third kappa shape index (κ3) is 7.49. The fourth-order valence-electron chi connectivity index (χ4n) is 5.83. The van der Waals surface area contributed by atoms with Crippen LogP contribution in [0.4, 0.5) is 0 Å². The van der Waals surface area contributed by atoms with E-state index >= 15 is 0 Å². The highest BCUT2D eigenvalue weighted by Gasteiger charge is 2.44. The number of benzene rings is 3. The van der Waals surface area contributed by atoms with Gasteiger partial charge in [0.25, 0.3) is 0 Å². The Balaban J connectivity index is 1.52. The van der Waals surface area contributed by atoms with E-state index in [1.807, 2.05) is 36.4 Å². The van der Waals surface area contributed by atoms with E-state index in [4.69, 9.17) is 14.2 Å². The van der Waals surface area contributed by atoms with E-state index in [9.17, 15) is 9.59 Å². The number of rotatable bonds is 12. The summed E-state index contributed by atoms with van der Waals surface area (Å²) >= 11 is 0. The fraction of sp³-hybridized carbons (Fsp3) is 0.459. The van der Waals surface area contributed by atoms with Gasteiger partial charge in [-0.25, -0.2) is 9.59 Å². The average Bonchev–Trinajstić information content (AvgIpc) is 2.98. The van der Waals surface area contributed by atoms with Gasteiger partial charge in [-0.15, -0.1) is 0 Å². The van der Waals surface area contributed by atoms with Crippen molar-refractivity contribution < 1.29 is 23.8 Å². The molecule has 42 heavy (non-hydrogen) atoms. The molecule has 3 aromatic carbocycles. The van der Waals surface area contributed by atoms with Gasteiger partial charge in [0.2, 0.25) is 0 Å². The van der Waals surface area contributed by atoms with Gasteiger partial charge in [0.05, 0.1) is 36.5 Å². The van der Waals surface area contributed by atoms with Gasteiger partial charge in [0.15, 0.2) is 0 Å². The maximum Gasteiger partial charge on any atom is 0.338 e. The first-order valence-electron chi connectivity index (χ1n) is 15.3. The lowest BCUT2D eigenvalue weighted by molar-refractivity contribution is -0.143. The van der Waals surface area contributed by atoms with Gasteiger partial charge in [-0.3, -0.25) is 0 Å². The first-order chi connectivity index (χ1) is 20.1. The molecule has 0 amide bonds. The lowest BCUT2D eigenvalue weighted by atomic mass is 9.71. The zero-order chi connectivity index (χ0) is 30.4. The first kappa shape index (κ1) is 31.5. The van der Waals surface area contributed by atoms with E-state index in [1.54, 1.807) is 24.3 Å². The van der Waals surface area contributed by atoms with Crippen LogP contribution in [0.5, 0.6) is 0 Å². The molecule has 4 atom stereocenters. The molecular formula is C37H46O5. The van der Waals surface area contributed by atoms with Gasteiger partial charge in [-0.2, -0.15) is 0 Å². The van der Waals surface area contributed by atoms with Crippen LogP contribution in [-0.2, 0) is 14.2 Å². The van der Waals surface area contributed by atoms with Gasteiger partial charge < -0.3 is 14.2 Å². The normalized spacial score (nSPS) is 19.0. The summed E-state index contributed by atoms with van der Waals surface area (Å²) in [5, 5.41) is 0. The zero-order valence-electron chi connectivity index (χ0n) is 26.1. The molecule has 4 rings (SSSR count). The Hall–Kier alpha value is -3.44. The monoisotopic (exact) mass is 570 g/mol. The van der Waals surface area contributed by atoms with Crippen LogP contribution in [0.3, 0.4) is 0 Å². The van der Waals surface area contributed by atoms with E-state index in [-0.39, 0.29) is 49.2 Å². The van der Waals surface area contributed by atoms with Crippen molar-refractivity contribution in [2.24, 2.45) is 11.8 Å². The molecule has 3 aromatic rings. The lowest BCUT2D eigenvalue weighted by Gasteiger charge is -2.45. The summed E-state index contributed by atoms with van der Waals surface area (Å²) in [7, 11) is 0. The number of hydrogen-bond acceptors (Lipinski definition) is 5. The topological polar surface area (TPSA) is 61.8 Å². The molecule has 0 spiro atoms. The number of carbonyl (C=O) groups is 2. The second-order valence-corrected chi connectivity index (χ2v) is 12.5. The Kier molecular flexibility index (Phi) is 10.6. The predicted octanol–water partition coefficient (Wildman–Crippen LogP) is 8.85. The van der Waals surface area contributed by atoms with Crippen LogP contribution in [-0.4, -0.2) is 31.3 Å². The number of ether oxygens (including phenoxy) is 3. The summed E-state index contributed by atoms with van der Waals surface area (Å²) < 4.78 is 18.3. The molecule has 224 valence electrons. The number of carbonyl (C=O) groups excluding carboxylic acids is 2. The van der Waals surface area contributed by atoms with Crippen molar-refractivity contribution in [2.75, 3.05) is 13.2 Å². The van der Waals surface area contributed by atoms with Crippen LogP contribution >= 0.6 is 0 Å². The van der Waals surface area contributed by atoms with Crippen molar-refractivity contribution in [3.8, 4) is 0 Å². The van der Waals surface area contributed by atoms with Gasteiger partial charge in [-0.05, 0) is 77.6 Å². The smallest absolute Gasteiger partial charge is 0.338 e. The number of esters is 2. The highest BCUT2D eigenvalue weighted by molar-refractivity contribution is 5.89. The van der Waals surface area contributed by atoms with Gasteiger partial charge in [0.1, 0.15) is 0 Å². The molecular weight excluding hydrogens is 524 g/mol. The summed E-state index contributed by atoms with van der Waals surface area (Å²) in [6, 6.07) is 22.7. The summed E-state index contributed by atoms with van der Waals surface area (Å²) in [4.78, 5) is 25.4. The van der Waals surface area contributed by atoms with E-state index < -0.39 is 0 Å². The van der Waals surface area contributed by atoms with Crippen LogP contribution in [0.15, 0.2) is 72.8 Å². The quantitative estimate of drug-likeness (QED) is 0.204. The van der Waals surface area contributed by atoms with Crippen LogP contribution in [0.1, 0.15) is 122 Å². The summed E-state index contributed by atoms with van der Waals surface area (Å²) in [5.74, 6) is 0.414. The zero-order valence-corrected chi connectivity index (χ0v) is 26.1. The summed E-state index contributed by atoms with van der Waals surface area (Å²) in [6.07, 6.45) is 0.484. The minimum Gasteiger partial charge on any atom is -0.462 e. The molecule has 0 aromatic heterocycles. The second-order valence-electron chi connectivity index (χ2n) is 12.5. The third-order valence-electron chi connectivity index (χ3n) is 8.43. The Morgan fingerprint density at radius 2 is 1.17 bits per heavy atom. The van der Waals surface area contributed by atoms with Crippen molar-refractivity contribution in [3.63, 3.8) is 0 Å². The molecule has 0 unspecified atom stereocenters. The van der Waals surface area contributed by atoms with E-state index in [1.165, 1.54) is 22.3 Å². The first-order valence-corrected chi connectivity index (χ1v) is 15.3. The molecule has 0 N–H and O–H groups in total. The van der Waals surface area contributed by atoms with Crippen molar-refractivity contribution in [1.82, 2.24) is 0 Å². The van der Waals surface area contributed by atoms with Crippen LogP contribution in [0.2, 0.25) is 0 Å². The summed E-state index contributed by atoms with van der Waals surface area (Å²) in [6.45, 7) is 16.0. The Morgan fingerprint density at radius 3 is 1.62 bits per heavy atom. The molecule has 1 aliphatic rings. The molecule has 0 bridgehead atoms. The summed E-state index contributed by atoms with van der Waals surface area (Å²) in [5.41, 5.74) is 6.33. The van der Waals surface area contributed by atoms with E-state index in [2.05, 4.69) is 60.6 Å². The Labute approximate surface area is 251 Å². The fourth-order valence-corrected chi connectivity index (χ4v) is 5.83. The standard InChI is InChI=1S/C37H46O5/c1-23(2)29-18-31(24(3)4)35(32(19-29)25(5)6)26(7)42-34-20-30(21-40-36(38)27-14-10-8-11-15-27)33(34)22-41-37(39)28-16-12-9-13-17-28/h8-19,23-26,30,33-34H,20-22H2,1-7H3/t26-,30-,33-,34+/m1/s1. The molecule has 0 aliphatic heterocycles. The molecule has 5 nitrogen and oxygen atoms in total.